The minimum absolute atomic E-state index is 0.00426. The van der Waals surface area contributed by atoms with Crippen molar-refractivity contribution in [3.05, 3.63) is 75.6 Å². The molecule has 3 aromatic rings. The van der Waals surface area contributed by atoms with Gasteiger partial charge in [-0.15, -0.1) is 0 Å². The molecule has 206 valence electrons. The zero-order valence-electron chi connectivity index (χ0n) is 22.4. The Morgan fingerprint density at radius 3 is 2.79 bits per heavy atom. The highest BCUT2D eigenvalue weighted by atomic mass is 16.5. The van der Waals surface area contributed by atoms with E-state index in [-0.39, 0.29) is 42.9 Å². The number of nitrogens with zero attached hydrogens (tertiary/aromatic N) is 1. The standard InChI is InChI=1S/C31H36N2O6/c1-21-25-11-10-24(18-27(25)39-30(36)26(21)17-22-7-3-2-4-8-22)38-20-28(34)32-15-12-29(35)33-16-14-31(37)13-6-5-9-23(31)19-33/h2-4,7-8,10-11,18,23,37H,5-6,9,12-17,19-20H2,1H3,(H,32,34)/t23-,31-/m1/s1. The average molecular weight is 533 g/mol. The molecule has 39 heavy (non-hydrogen) atoms. The number of likely N-dealkylation sites (tertiary alicyclic amines) is 1. The van der Waals surface area contributed by atoms with Crippen LogP contribution < -0.4 is 15.7 Å². The molecule has 2 aromatic carbocycles. The number of benzene rings is 2. The van der Waals surface area contributed by atoms with Crippen molar-refractivity contribution in [1.29, 1.82) is 0 Å². The largest absolute Gasteiger partial charge is 0.484 e. The number of aryl methyl sites for hydroxylation is 1. The van der Waals surface area contributed by atoms with E-state index in [9.17, 15) is 19.5 Å². The van der Waals surface area contributed by atoms with Crippen molar-refractivity contribution in [2.24, 2.45) is 5.92 Å². The predicted octanol–water partition coefficient (Wildman–Crippen LogP) is 3.73. The normalized spacial score (nSPS) is 20.9. The van der Waals surface area contributed by atoms with Gasteiger partial charge in [-0.1, -0.05) is 43.2 Å². The number of aliphatic hydroxyl groups is 1. The molecule has 2 heterocycles. The van der Waals surface area contributed by atoms with Crippen LogP contribution in [0.2, 0.25) is 0 Å². The highest BCUT2D eigenvalue weighted by Crippen LogP contribution is 2.39. The van der Waals surface area contributed by atoms with Gasteiger partial charge < -0.3 is 24.5 Å². The highest BCUT2D eigenvalue weighted by Gasteiger charge is 2.43. The first-order chi connectivity index (χ1) is 18.8. The summed E-state index contributed by atoms with van der Waals surface area (Å²) in [5.74, 6) is 0.229. The van der Waals surface area contributed by atoms with Crippen LogP contribution in [0.1, 0.15) is 55.2 Å². The summed E-state index contributed by atoms with van der Waals surface area (Å²) in [6.45, 7) is 3.08. The second-order valence-corrected chi connectivity index (χ2v) is 10.8. The fourth-order valence-electron chi connectivity index (χ4n) is 5.93. The molecule has 1 aliphatic carbocycles. The molecule has 2 aliphatic rings. The molecule has 1 aromatic heterocycles. The third kappa shape index (κ3) is 6.17. The smallest absolute Gasteiger partial charge is 0.340 e. The summed E-state index contributed by atoms with van der Waals surface area (Å²) in [5, 5.41) is 14.4. The molecule has 2 amide bonds. The molecule has 5 rings (SSSR count). The van der Waals surface area contributed by atoms with Crippen LogP contribution in [-0.2, 0) is 16.0 Å². The van der Waals surface area contributed by atoms with Crippen LogP contribution in [0.4, 0.5) is 0 Å². The lowest BCUT2D eigenvalue weighted by molar-refractivity contribution is -0.143. The van der Waals surface area contributed by atoms with Crippen LogP contribution in [0.25, 0.3) is 11.0 Å². The quantitative estimate of drug-likeness (QED) is 0.428. The Kier molecular flexibility index (Phi) is 8.02. The van der Waals surface area contributed by atoms with Crippen molar-refractivity contribution < 1.29 is 23.8 Å². The molecule has 1 saturated carbocycles. The zero-order chi connectivity index (χ0) is 27.4. The molecule has 0 radical (unpaired) electrons. The predicted molar refractivity (Wildman–Crippen MR) is 148 cm³/mol. The lowest BCUT2D eigenvalue weighted by atomic mass is 9.71. The number of rotatable bonds is 8. The average Bonchev–Trinajstić information content (AvgIpc) is 2.94. The number of piperidine rings is 1. The summed E-state index contributed by atoms with van der Waals surface area (Å²) in [5.41, 5.74) is 1.92. The summed E-state index contributed by atoms with van der Waals surface area (Å²) < 4.78 is 11.2. The first kappa shape index (κ1) is 26.9. The van der Waals surface area contributed by atoms with E-state index in [2.05, 4.69) is 5.32 Å². The van der Waals surface area contributed by atoms with Gasteiger partial charge in [-0.25, -0.2) is 4.79 Å². The summed E-state index contributed by atoms with van der Waals surface area (Å²) in [4.78, 5) is 39.5. The van der Waals surface area contributed by atoms with E-state index in [1.807, 2.05) is 48.2 Å². The van der Waals surface area contributed by atoms with E-state index in [4.69, 9.17) is 9.15 Å². The fourth-order valence-corrected chi connectivity index (χ4v) is 5.93. The van der Waals surface area contributed by atoms with Gasteiger partial charge in [-0.05, 0) is 49.4 Å². The lowest BCUT2D eigenvalue weighted by Gasteiger charge is -2.47. The number of hydrogen-bond donors (Lipinski definition) is 2. The van der Waals surface area contributed by atoms with Gasteiger partial charge >= 0.3 is 5.63 Å². The number of hydrogen-bond acceptors (Lipinski definition) is 6. The van der Waals surface area contributed by atoms with Crippen LogP contribution in [0, 0.1) is 12.8 Å². The molecule has 2 atom stereocenters. The van der Waals surface area contributed by atoms with E-state index in [0.29, 0.717) is 42.8 Å². The zero-order valence-corrected chi connectivity index (χ0v) is 22.4. The Balaban J connectivity index is 1.11. The topological polar surface area (TPSA) is 109 Å². The van der Waals surface area contributed by atoms with E-state index in [0.717, 1.165) is 42.2 Å². The van der Waals surface area contributed by atoms with Crippen LogP contribution in [0.15, 0.2) is 57.7 Å². The lowest BCUT2D eigenvalue weighted by Crippen LogP contribution is -2.54. The first-order valence-electron chi connectivity index (χ1n) is 13.8. The van der Waals surface area contributed by atoms with Gasteiger partial charge in [-0.3, -0.25) is 9.59 Å². The number of carbonyl (C=O) groups is 2. The van der Waals surface area contributed by atoms with Crippen molar-refractivity contribution >= 4 is 22.8 Å². The minimum Gasteiger partial charge on any atom is -0.484 e. The Morgan fingerprint density at radius 2 is 1.97 bits per heavy atom. The van der Waals surface area contributed by atoms with Crippen LogP contribution >= 0.6 is 0 Å². The molecule has 2 fully saturated rings. The maximum atomic E-state index is 12.7. The monoisotopic (exact) mass is 532 g/mol. The molecule has 0 unspecified atom stereocenters. The Bertz CT molecular complexity index is 1400. The van der Waals surface area contributed by atoms with Gasteiger partial charge in [0.15, 0.2) is 6.61 Å². The van der Waals surface area contributed by atoms with Crippen LogP contribution in [-0.4, -0.2) is 53.7 Å². The molecule has 0 bridgehead atoms. The van der Waals surface area contributed by atoms with Gasteiger partial charge in [0.2, 0.25) is 5.91 Å². The van der Waals surface area contributed by atoms with E-state index >= 15 is 0 Å². The number of ether oxygens (including phenoxy) is 1. The third-order valence-corrected chi connectivity index (χ3v) is 8.29. The highest BCUT2D eigenvalue weighted by molar-refractivity contribution is 5.83. The van der Waals surface area contributed by atoms with Crippen molar-refractivity contribution in [2.75, 3.05) is 26.2 Å². The summed E-state index contributed by atoms with van der Waals surface area (Å²) in [6, 6.07) is 15.0. The van der Waals surface area contributed by atoms with Crippen LogP contribution in [0.5, 0.6) is 5.75 Å². The summed E-state index contributed by atoms with van der Waals surface area (Å²) in [7, 11) is 0. The third-order valence-electron chi connectivity index (χ3n) is 8.29. The second kappa shape index (κ2) is 11.6. The van der Waals surface area contributed by atoms with Crippen LogP contribution in [0.3, 0.4) is 0 Å². The molecule has 1 saturated heterocycles. The number of nitrogens with one attached hydrogen (secondary N) is 1. The van der Waals surface area contributed by atoms with Crippen molar-refractivity contribution in [1.82, 2.24) is 10.2 Å². The summed E-state index contributed by atoms with van der Waals surface area (Å²) >= 11 is 0. The Hall–Kier alpha value is -3.65. The SMILES string of the molecule is Cc1c(Cc2ccccc2)c(=O)oc2cc(OCC(=O)NCCC(=O)N3CC[C@]4(O)CCCC[C@@H]4C3)ccc12. The number of fused-ring (bicyclic) bond motifs is 2. The maximum Gasteiger partial charge on any atom is 0.340 e. The minimum atomic E-state index is -0.616. The number of amides is 2. The van der Waals surface area contributed by atoms with E-state index < -0.39 is 5.60 Å². The van der Waals surface area contributed by atoms with Gasteiger partial charge in [0.1, 0.15) is 11.3 Å². The van der Waals surface area contributed by atoms with Gasteiger partial charge in [0.25, 0.3) is 5.91 Å². The number of carbonyl (C=O) groups excluding carboxylic acids is 2. The van der Waals surface area contributed by atoms with Gasteiger partial charge in [0.05, 0.1) is 5.60 Å². The molecule has 2 N–H and O–H groups in total. The summed E-state index contributed by atoms with van der Waals surface area (Å²) in [6.07, 6.45) is 5.27. The van der Waals surface area contributed by atoms with Crippen molar-refractivity contribution in [3.63, 3.8) is 0 Å². The Morgan fingerprint density at radius 1 is 1.15 bits per heavy atom. The molecular weight excluding hydrogens is 496 g/mol. The second-order valence-electron chi connectivity index (χ2n) is 10.8. The molecule has 8 nitrogen and oxygen atoms in total. The molecule has 8 heteroatoms. The molecule has 1 aliphatic heterocycles. The Labute approximate surface area is 228 Å². The van der Waals surface area contributed by atoms with E-state index in [1.165, 1.54) is 0 Å². The van der Waals surface area contributed by atoms with E-state index in [1.54, 1.807) is 12.1 Å². The van der Waals surface area contributed by atoms with Gasteiger partial charge in [0, 0.05) is 55.4 Å². The van der Waals surface area contributed by atoms with Crippen molar-refractivity contribution in [2.45, 2.75) is 57.5 Å². The molecular formula is C31H36N2O6. The van der Waals surface area contributed by atoms with Gasteiger partial charge in [-0.2, -0.15) is 0 Å². The van der Waals surface area contributed by atoms with Crippen molar-refractivity contribution in [3.8, 4) is 5.75 Å². The molecule has 0 spiro atoms. The first-order valence-corrected chi connectivity index (χ1v) is 13.8. The maximum absolute atomic E-state index is 12.7. The fraction of sp³-hybridized carbons (Fsp3) is 0.452.